The van der Waals surface area contributed by atoms with Crippen LogP contribution in [0.3, 0.4) is 0 Å². The van der Waals surface area contributed by atoms with Gasteiger partial charge in [-0.15, -0.1) is 25.6 Å². The van der Waals surface area contributed by atoms with E-state index in [2.05, 4.69) is 30.7 Å². The first-order valence-corrected chi connectivity index (χ1v) is 21.1. The molecule has 0 unspecified atom stereocenters. The van der Waals surface area contributed by atoms with Crippen molar-refractivity contribution in [3.63, 3.8) is 0 Å². The summed E-state index contributed by atoms with van der Waals surface area (Å²) in [5.74, 6) is -0.803. The predicted molar refractivity (Wildman–Crippen MR) is 215 cm³/mol. The minimum Gasteiger partial charge on any atom is -0.506 e. The second-order valence-electron chi connectivity index (χ2n) is 12.8. The number of benzene rings is 7. The number of aromatic hydroxyl groups is 1. The smallest absolute Gasteiger partial charge is 0.294 e. The van der Waals surface area contributed by atoms with E-state index in [-0.39, 0.29) is 67.0 Å². The third kappa shape index (κ3) is 8.84. The van der Waals surface area contributed by atoms with Crippen molar-refractivity contribution in [2.24, 2.45) is 36.4 Å². The Morgan fingerprint density at radius 2 is 0.898 bits per heavy atom. The monoisotopic (exact) mass is 853 g/mol. The molecular weight excluding hydrogens is 827 g/mol. The number of fused-ring (bicyclic) bond motifs is 3. The number of carbonyl (C=O) groups is 1. The second-order valence-corrected chi connectivity index (χ2v) is 17.0. The van der Waals surface area contributed by atoms with Gasteiger partial charge in [0.25, 0.3) is 30.4 Å². The molecule has 0 aliphatic heterocycles. The molecule has 21 heteroatoms. The van der Waals surface area contributed by atoms with Crippen LogP contribution in [0.15, 0.2) is 161 Å². The Balaban J connectivity index is 1.31. The lowest BCUT2D eigenvalue weighted by Gasteiger charge is -2.09. The van der Waals surface area contributed by atoms with E-state index < -0.39 is 46.1 Å². The van der Waals surface area contributed by atoms with Gasteiger partial charge in [0.2, 0.25) is 5.91 Å². The second kappa shape index (κ2) is 15.5. The first-order valence-electron chi connectivity index (χ1n) is 16.8. The van der Waals surface area contributed by atoms with Gasteiger partial charge < -0.3 is 10.8 Å². The van der Waals surface area contributed by atoms with Crippen LogP contribution in [0.1, 0.15) is 5.56 Å². The first-order chi connectivity index (χ1) is 27.8. The maximum Gasteiger partial charge on any atom is 0.294 e. The lowest BCUT2D eigenvalue weighted by atomic mass is 10.1. The number of nitrogens with two attached hydrogens (primary N) is 1. The van der Waals surface area contributed by atoms with Crippen molar-refractivity contribution in [1.82, 2.24) is 0 Å². The SMILES string of the molecule is NC(=O)Cc1ccc(N=Nc2ccc(N=Nc3ccc(N=Nc4c(O)ccc5cc(S(=O)(=O)O)ccc45)c4ccc(S(=O)(=O)O)cc34)c3cc(S(=O)(=O)O)ccc23)cc1. The van der Waals surface area contributed by atoms with E-state index in [0.29, 0.717) is 22.0 Å². The Hall–Kier alpha value is -6.88. The van der Waals surface area contributed by atoms with E-state index in [1.807, 2.05) is 0 Å². The average molecular weight is 854 g/mol. The molecule has 7 aromatic rings. The summed E-state index contributed by atoms with van der Waals surface area (Å²) < 4.78 is 101. The van der Waals surface area contributed by atoms with Crippen LogP contribution in [0.2, 0.25) is 0 Å². The summed E-state index contributed by atoms with van der Waals surface area (Å²) in [6, 6.07) is 26.1. The number of carbonyl (C=O) groups excluding carboxylic acids is 1. The largest absolute Gasteiger partial charge is 0.506 e. The molecule has 0 heterocycles. The maximum absolute atomic E-state index is 12.2. The van der Waals surface area contributed by atoms with E-state index >= 15 is 0 Å². The Morgan fingerprint density at radius 1 is 0.475 bits per heavy atom. The maximum atomic E-state index is 12.2. The number of phenolic OH excluding ortho intramolecular Hbond substituents is 1. The average Bonchev–Trinajstić information content (AvgIpc) is 3.18. The standard InChI is InChI=1S/C38H27N7O11S3/c39-37(47)17-21-1-4-23(5-2-21)40-41-32-12-14-34(30-19-25(58(51,52)53)7-10-28(30)32)42-43-35-15-13-33(29-11-8-26(20-31(29)35)59(54,55)56)44-45-38-27-9-6-24(57(48,49)50)18-22(27)3-16-36(38)46/h1-16,18-20,46H,17H2,(H2,39,47)(H,48,49,50)(H,51,52,53)(H,54,55,56). The van der Waals surface area contributed by atoms with Gasteiger partial charge in [-0.3, -0.25) is 18.5 Å². The number of primary amides is 1. The normalized spacial score (nSPS) is 12.8. The lowest BCUT2D eigenvalue weighted by Crippen LogP contribution is -2.13. The highest BCUT2D eigenvalue weighted by Gasteiger charge is 2.17. The van der Waals surface area contributed by atoms with Gasteiger partial charge in [-0.25, -0.2) is 0 Å². The Labute approximate surface area is 334 Å². The van der Waals surface area contributed by atoms with E-state index in [1.54, 1.807) is 30.3 Å². The van der Waals surface area contributed by atoms with Crippen LogP contribution in [0.5, 0.6) is 5.75 Å². The van der Waals surface area contributed by atoms with Gasteiger partial charge in [0.15, 0.2) is 0 Å². The number of hydrogen-bond acceptors (Lipinski definition) is 14. The molecule has 1 amide bonds. The van der Waals surface area contributed by atoms with E-state index in [4.69, 9.17) is 5.73 Å². The van der Waals surface area contributed by atoms with Gasteiger partial charge in [0.1, 0.15) is 11.4 Å². The third-order valence-electron chi connectivity index (χ3n) is 8.83. The summed E-state index contributed by atoms with van der Waals surface area (Å²) in [6.45, 7) is 0. The molecule has 0 bridgehead atoms. The highest BCUT2D eigenvalue weighted by molar-refractivity contribution is 7.86. The van der Waals surface area contributed by atoms with Crippen molar-refractivity contribution in [2.45, 2.75) is 21.1 Å². The van der Waals surface area contributed by atoms with Gasteiger partial charge >= 0.3 is 0 Å². The van der Waals surface area contributed by atoms with Crippen LogP contribution < -0.4 is 5.73 Å². The van der Waals surface area contributed by atoms with Crippen molar-refractivity contribution in [1.29, 1.82) is 0 Å². The van der Waals surface area contributed by atoms with Gasteiger partial charge in [-0.1, -0.05) is 36.4 Å². The number of hydrogen-bond donors (Lipinski definition) is 5. The zero-order chi connectivity index (χ0) is 42.3. The Kier molecular flexibility index (Phi) is 10.6. The summed E-state index contributed by atoms with van der Waals surface area (Å²) in [6.07, 6.45) is 0.0463. The number of nitrogens with zero attached hydrogens (tertiary/aromatic N) is 6. The van der Waals surface area contributed by atoms with Crippen LogP contribution in [0, 0.1) is 0 Å². The predicted octanol–water partition coefficient (Wildman–Crippen LogP) is 8.87. The van der Waals surface area contributed by atoms with Crippen LogP contribution in [0.4, 0.5) is 34.1 Å². The number of rotatable bonds is 11. The van der Waals surface area contributed by atoms with E-state index in [1.165, 1.54) is 66.7 Å². The molecule has 0 saturated carbocycles. The van der Waals surface area contributed by atoms with Crippen molar-refractivity contribution in [3.8, 4) is 5.75 Å². The highest BCUT2D eigenvalue weighted by Crippen LogP contribution is 2.41. The number of amides is 1. The summed E-state index contributed by atoms with van der Waals surface area (Å²) in [5.41, 5.74) is 6.93. The lowest BCUT2D eigenvalue weighted by molar-refractivity contribution is -0.117. The molecule has 0 aromatic heterocycles. The van der Waals surface area contributed by atoms with Gasteiger partial charge in [-0.05, 0) is 89.8 Å². The summed E-state index contributed by atoms with van der Waals surface area (Å²) in [5, 5.41) is 37.8. The molecule has 0 fully saturated rings. The van der Waals surface area contributed by atoms with Crippen LogP contribution in [0.25, 0.3) is 32.3 Å². The fourth-order valence-electron chi connectivity index (χ4n) is 6.01. The fourth-order valence-corrected chi connectivity index (χ4v) is 7.54. The Morgan fingerprint density at radius 3 is 1.37 bits per heavy atom. The minimum atomic E-state index is -4.71. The molecule has 0 aliphatic rings. The van der Waals surface area contributed by atoms with Crippen molar-refractivity contribution in [2.75, 3.05) is 0 Å². The molecule has 6 N–H and O–H groups in total. The fraction of sp³-hybridized carbons (Fsp3) is 0.0263. The molecule has 0 spiro atoms. The number of azo groups is 3. The molecule has 0 saturated heterocycles. The molecule has 18 nitrogen and oxygen atoms in total. The molecule has 0 aliphatic carbocycles. The van der Waals surface area contributed by atoms with Crippen LogP contribution >= 0.6 is 0 Å². The van der Waals surface area contributed by atoms with E-state index in [0.717, 1.165) is 18.2 Å². The van der Waals surface area contributed by atoms with Crippen LogP contribution in [-0.2, 0) is 41.6 Å². The van der Waals surface area contributed by atoms with E-state index in [9.17, 15) is 48.8 Å². The molecule has 7 rings (SSSR count). The van der Waals surface area contributed by atoms with Gasteiger partial charge in [0, 0.05) is 26.9 Å². The first kappa shape index (κ1) is 40.3. The van der Waals surface area contributed by atoms with Crippen molar-refractivity contribution < 1.29 is 48.8 Å². The molecule has 0 atom stereocenters. The summed E-state index contributed by atoms with van der Waals surface area (Å²) >= 11 is 0. The summed E-state index contributed by atoms with van der Waals surface area (Å²) in [4.78, 5) is 9.93. The molecular formula is C38H27N7O11S3. The molecule has 59 heavy (non-hydrogen) atoms. The van der Waals surface area contributed by atoms with Crippen LogP contribution in [-0.4, -0.2) is 49.9 Å². The molecule has 298 valence electrons. The van der Waals surface area contributed by atoms with Crippen molar-refractivity contribution >= 4 is 103 Å². The number of phenols is 1. The quantitative estimate of drug-likeness (QED) is 0.0604. The summed E-state index contributed by atoms with van der Waals surface area (Å²) in [7, 11) is -13.9. The Bertz CT molecular complexity index is 3320. The third-order valence-corrected chi connectivity index (χ3v) is 11.4. The van der Waals surface area contributed by atoms with Gasteiger partial charge in [-0.2, -0.15) is 30.4 Å². The van der Waals surface area contributed by atoms with Gasteiger partial charge in [0.05, 0.1) is 49.5 Å². The zero-order valence-corrected chi connectivity index (χ0v) is 32.3. The zero-order valence-electron chi connectivity index (χ0n) is 29.8. The minimum absolute atomic E-state index is 0.0463. The molecule has 7 aromatic carbocycles. The van der Waals surface area contributed by atoms with Crippen molar-refractivity contribution in [3.05, 3.63) is 121 Å². The topological polar surface area (TPSA) is 301 Å². The molecule has 0 radical (unpaired) electrons. The highest BCUT2D eigenvalue weighted by atomic mass is 32.2.